The summed E-state index contributed by atoms with van der Waals surface area (Å²) in [5.41, 5.74) is 4.61. The minimum Gasteiger partial charge on any atom is -0.378 e. The molecule has 3 aromatic carbocycles. The number of aromatic amines is 1. The van der Waals surface area contributed by atoms with E-state index in [4.69, 9.17) is 14.5 Å². The highest BCUT2D eigenvalue weighted by atomic mass is 16.5. The number of rotatable bonds is 11. The van der Waals surface area contributed by atoms with Crippen LogP contribution < -0.4 is 5.32 Å². The highest BCUT2D eigenvalue weighted by Crippen LogP contribution is 2.37. The van der Waals surface area contributed by atoms with E-state index in [2.05, 4.69) is 34.6 Å². The Balaban J connectivity index is 0.809. The number of morpholine rings is 2. The van der Waals surface area contributed by atoms with Crippen LogP contribution in [0.5, 0.6) is 0 Å². The van der Waals surface area contributed by atoms with Crippen molar-refractivity contribution in [2.24, 2.45) is 0 Å². The maximum atomic E-state index is 14.4. The smallest absolute Gasteiger partial charge is 0.318 e. The summed E-state index contributed by atoms with van der Waals surface area (Å²) in [6.07, 6.45) is 6.55. The third kappa shape index (κ3) is 9.96. The zero-order valence-electron chi connectivity index (χ0n) is 37.0. The van der Waals surface area contributed by atoms with Crippen molar-refractivity contribution >= 4 is 29.7 Å². The number of ether oxygens (including phenoxy) is 2. The Morgan fingerprint density at radius 1 is 0.646 bits per heavy atom. The van der Waals surface area contributed by atoms with Crippen molar-refractivity contribution in [2.45, 2.75) is 74.9 Å². The Kier molecular flexibility index (Phi) is 13.9. The molecule has 5 aliphatic heterocycles. The first-order valence-corrected chi connectivity index (χ1v) is 23.5. The topological polar surface area (TPSA) is 161 Å². The van der Waals surface area contributed by atoms with E-state index >= 15 is 0 Å². The van der Waals surface area contributed by atoms with Crippen LogP contribution in [0.25, 0.3) is 11.3 Å². The number of benzene rings is 3. The summed E-state index contributed by atoms with van der Waals surface area (Å²) in [5.74, 6) is 0.0902. The summed E-state index contributed by atoms with van der Waals surface area (Å²) in [6.45, 7) is 6.22. The van der Waals surface area contributed by atoms with Crippen LogP contribution in [0.1, 0.15) is 91.4 Å². The average Bonchev–Trinajstić information content (AvgIpc) is 4.18. The van der Waals surface area contributed by atoms with Crippen LogP contribution in [0.2, 0.25) is 0 Å². The van der Waals surface area contributed by atoms with Crippen LogP contribution >= 0.6 is 0 Å². The normalized spacial score (nSPS) is 21.6. The molecule has 6 heterocycles. The molecule has 0 saturated carbocycles. The van der Waals surface area contributed by atoms with Crippen LogP contribution in [0.15, 0.2) is 91.1 Å². The molecule has 1 aromatic heterocycles. The fraction of sp³-hybridized carbons (Fsp3) is 0.480. The fourth-order valence-corrected chi connectivity index (χ4v) is 10.3. The molecule has 15 heteroatoms. The zero-order valence-corrected chi connectivity index (χ0v) is 37.0. The minimum atomic E-state index is -0.898. The lowest BCUT2D eigenvalue weighted by Gasteiger charge is -2.37. The Labute approximate surface area is 380 Å². The van der Waals surface area contributed by atoms with Gasteiger partial charge < -0.3 is 44.3 Å². The summed E-state index contributed by atoms with van der Waals surface area (Å²) in [7, 11) is 0. The van der Waals surface area contributed by atoms with Crippen LogP contribution in [-0.4, -0.2) is 149 Å². The second-order valence-corrected chi connectivity index (χ2v) is 17.8. The number of urea groups is 1. The van der Waals surface area contributed by atoms with Crippen molar-refractivity contribution in [1.29, 1.82) is 0 Å². The summed E-state index contributed by atoms with van der Waals surface area (Å²) in [5, 5.41) is 2.98. The van der Waals surface area contributed by atoms with Crippen LogP contribution in [0.4, 0.5) is 4.79 Å². The van der Waals surface area contributed by atoms with Crippen molar-refractivity contribution < 1.29 is 33.4 Å². The molecular weight excluding hydrogens is 825 g/mol. The number of hydrogen-bond donors (Lipinski definition) is 2. The lowest BCUT2D eigenvalue weighted by atomic mass is 9.88. The largest absolute Gasteiger partial charge is 0.378 e. The van der Waals surface area contributed by atoms with E-state index in [1.165, 1.54) is 5.56 Å². The first-order valence-electron chi connectivity index (χ1n) is 23.5. The monoisotopic (exact) mass is 884 g/mol. The van der Waals surface area contributed by atoms with Gasteiger partial charge in [-0.15, -0.1) is 0 Å². The number of aromatic nitrogens is 2. The van der Waals surface area contributed by atoms with Crippen molar-refractivity contribution in [1.82, 2.24) is 39.8 Å². The molecule has 4 aromatic rings. The highest BCUT2D eigenvalue weighted by molar-refractivity contribution is 5.93. The van der Waals surface area contributed by atoms with Crippen molar-refractivity contribution in [3.05, 3.63) is 114 Å². The molecule has 3 unspecified atom stereocenters. The molecule has 6 amide bonds. The van der Waals surface area contributed by atoms with Gasteiger partial charge in [0.2, 0.25) is 17.7 Å². The number of amides is 6. The maximum Gasteiger partial charge on any atom is 0.318 e. The lowest BCUT2D eigenvalue weighted by Crippen LogP contribution is -2.54. The number of nitrogens with one attached hydrogen (secondary N) is 2. The second kappa shape index (κ2) is 20.4. The highest BCUT2D eigenvalue weighted by Gasteiger charge is 2.42. The molecule has 9 rings (SSSR count). The van der Waals surface area contributed by atoms with Gasteiger partial charge in [-0.25, -0.2) is 9.78 Å². The molecule has 15 nitrogen and oxygen atoms in total. The van der Waals surface area contributed by atoms with Crippen LogP contribution in [-0.2, 0) is 28.7 Å². The van der Waals surface area contributed by atoms with Gasteiger partial charge >= 0.3 is 6.03 Å². The number of carbonyl (C=O) groups excluding carboxylic acids is 5. The molecule has 4 atom stereocenters. The van der Waals surface area contributed by atoms with Crippen molar-refractivity contribution in [3.63, 3.8) is 0 Å². The number of carbonyl (C=O) groups is 5. The maximum absolute atomic E-state index is 14.4. The first kappa shape index (κ1) is 44.2. The number of H-pyrrole nitrogens is 1. The van der Waals surface area contributed by atoms with Gasteiger partial charge in [-0.3, -0.25) is 19.2 Å². The molecular formula is C50H60N8O7. The standard InChI is InChI=1S/C50H60N8O7/c59-44(54-25-29-64-30-26-54)33-40(37-9-3-1-4-10-37)47(60)57-21-7-13-42(57)46-51-34-41(52-46)38-17-15-35(16-18-38)36-19-23-55(24-20-36)48(61)43-14-8-22-58(43)49(62)45(39-11-5-2-6-12-39)53-50(63)56-27-31-65-32-28-56/h1-6,9-12,15-18,34,36,40,42-43,45H,7-8,13-14,19-33H2,(H,51,52)(H,53,63)/t40-,42?,43?,45?/m1/s1. The van der Waals surface area contributed by atoms with E-state index in [1.807, 2.05) is 76.7 Å². The van der Waals surface area contributed by atoms with Gasteiger partial charge in [-0.1, -0.05) is 84.9 Å². The summed E-state index contributed by atoms with van der Waals surface area (Å²) in [6, 6.07) is 25.4. The SMILES string of the molecule is O=C(C[C@@H](C(=O)N1CCCC1c1ncc(-c2ccc(C3CCN(C(=O)C4CCCN4C(=O)C(NC(=O)N4CCOCC4)c4ccccc4)CC3)cc2)[nH]1)c1ccccc1)N1CCOCC1. The third-order valence-electron chi connectivity index (χ3n) is 14.0. The molecule has 0 spiro atoms. The van der Waals surface area contributed by atoms with Crippen LogP contribution in [0, 0.1) is 0 Å². The molecule has 5 saturated heterocycles. The fourth-order valence-electron chi connectivity index (χ4n) is 10.3. The number of hydrogen-bond acceptors (Lipinski definition) is 8. The van der Waals surface area contributed by atoms with Gasteiger partial charge in [0, 0.05) is 58.8 Å². The molecule has 342 valence electrons. The van der Waals surface area contributed by atoms with Gasteiger partial charge in [0.05, 0.1) is 50.3 Å². The summed E-state index contributed by atoms with van der Waals surface area (Å²) < 4.78 is 10.9. The Morgan fingerprint density at radius 3 is 1.94 bits per heavy atom. The average molecular weight is 885 g/mol. The molecule has 5 fully saturated rings. The third-order valence-corrected chi connectivity index (χ3v) is 14.0. The zero-order chi connectivity index (χ0) is 44.7. The van der Waals surface area contributed by atoms with Gasteiger partial charge in [-0.2, -0.15) is 0 Å². The van der Waals surface area contributed by atoms with Crippen molar-refractivity contribution in [2.75, 3.05) is 78.8 Å². The van der Waals surface area contributed by atoms with E-state index in [1.54, 1.807) is 14.7 Å². The predicted molar refractivity (Wildman–Crippen MR) is 242 cm³/mol. The number of likely N-dealkylation sites (tertiary alicyclic amines) is 3. The van der Waals surface area contributed by atoms with Gasteiger partial charge in [0.1, 0.15) is 17.9 Å². The van der Waals surface area contributed by atoms with E-state index in [0.29, 0.717) is 90.8 Å². The van der Waals surface area contributed by atoms with E-state index < -0.39 is 18.0 Å². The lowest BCUT2D eigenvalue weighted by molar-refractivity contribution is -0.145. The predicted octanol–water partition coefficient (Wildman–Crippen LogP) is 5.25. The van der Waals surface area contributed by atoms with E-state index in [0.717, 1.165) is 54.7 Å². The van der Waals surface area contributed by atoms with Gasteiger partial charge in [0.15, 0.2) is 0 Å². The molecule has 65 heavy (non-hydrogen) atoms. The molecule has 0 radical (unpaired) electrons. The van der Waals surface area contributed by atoms with Crippen molar-refractivity contribution in [3.8, 4) is 11.3 Å². The number of nitrogens with zero attached hydrogens (tertiary/aromatic N) is 6. The Hall–Kier alpha value is -6.06. The second-order valence-electron chi connectivity index (χ2n) is 17.8. The van der Waals surface area contributed by atoms with Gasteiger partial charge in [0.25, 0.3) is 5.91 Å². The quantitative estimate of drug-likeness (QED) is 0.207. The number of imidazole rings is 1. The van der Waals surface area contributed by atoms with Crippen LogP contribution in [0.3, 0.4) is 0 Å². The van der Waals surface area contributed by atoms with Gasteiger partial charge in [-0.05, 0) is 66.7 Å². The first-order chi connectivity index (χ1) is 31.8. The number of piperidine rings is 1. The molecule has 0 aliphatic carbocycles. The molecule has 0 bridgehead atoms. The summed E-state index contributed by atoms with van der Waals surface area (Å²) >= 11 is 0. The Morgan fingerprint density at radius 2 is 1.26 bits per heavy atom. The summed E-state index contributed by atoms with van der Waals surface area (Å²) in [4.78, 5) is 86.7. The Bertz CT molecular complexity index is 2270. The minimum absolute atomic E-state index is 0.0226. The van der Waals surface area contributed by atoms with E-state index in [-0.39, 0.29) is 48.0 Å². The molecule has 2 N–H and O–H groups in total. The molecule has 5 aliphatic rings. The van der Waals surface area contributed by atoms with E-state index in [9.17, 15) is 24.0 Å².